The van der Waals surface area contributed by atoms with E-state index in [1.807, 2.05) is 36.4 Å². The van der Waals surface area contributed by atoms with Crippen LogP contribution in [0.1, 0.15) is 17.5 Å². The Balaban J connectivity index is 2.68. The normalized spacial score (nSPS) is 10.6. The minimum atomic E-state index is 0.0994. The highest BCUT2D eigenvalue weighted by molar-refractivity contribution is 5.81. The number of rotatable bonds is 11. The molecule has 0 saturated carbocycles. The topological polar surface area (TPSA) is 57.2 Å². The summed E-state index contributed by atoms with van der Waals surface area (Å²) in [6, 6.07) is 11.8. The molecular weight excluding hydrogens is 332 g/mol. The van der Waals surface area contributed by atoms with Crippen LogP contribution < -0.4 is 9.47 Å². The Morgan fingerprint density at radius 1 is 1.00 bits per heavy atom. The first-order valence-corrected chi connectivity index (χ1v) is 8.48. The van der Waals surface area contributed by atoms with E-state index >= 15 is 0 Å². The van der Waals surface area contributed by atoms with Gasteiger partial charge in [0.25, 0.3) is 0 Å². The van der Waals surface area contributed by atoms with E-state index in [2.05, 4.69) is 6.58 Å². The third-order valence-electron chi connectivity index (χ3n) is 3.92. The predicted molar refractivity (Wildman–Crippen MR) is 102 cm³/mol. The molecule has 0 aromatic heterocycles. The molecule has 5 nitrogen and oxygen atoms in total. The molecule has 0 radical (unpaired) electrons. The number of methoxy groups -OCH3 is 2. The van der Waals surface area contributed by atoms with Crippen LogP contribution in [0.2, 0.25) is 0 Å². The van der Waals surface area contributed by atoms with E-state index in [0.29, 0.717) is 24.3 Å². The molecule has 2 rings (SSSR count). The van der Waals surface area contributed by atoms with E-state index in [9.17, 15) is 5.11 Å². The molecule has 0 aliphatic rings. The standard InChI is InChI=1S/C21H26O5/c1-4-17-18(11-8-12-22)21(16-9-6-5-7-10-16)20(26-15-24-3)13-19(17)25-14-23-2/h4-7,9-10,13,22H,1,8,11-12,14-15H2,2-3H3. The molecule has 2 aromatic carbocycles. The van der Waals surface area contributed by atoms with E-state index in [-0.39, 0.29) is 20.2 Å². The SMILES string of the molecule is C=Cc1c(OCOC)cc(OCOC)c(-c2ccccc2)c1CCCO. The predicted octanol–water partition coefficient (Wildman–Crippen LogP) is 3.89. The van der Waals surface area contributed by atoms with Crippen molar-refractivity contribution in [2.45, 2.75) is 12.8 Å². The second-order valence-corrected chi connectivity index (χ2v) is 5.64. The zero-order valence-corrected chi connectivity index (χ0v) is 15.4. The van der Waals surface area contributed by atoms with Crippen LogP contribution in [0.5, 0.6) is 11.5 Å². The highest BCUT2D eigenvalue weighted by Gasteiger charge is 2.20. The molecule has 0 spiro atoms. The van der Waals surface area contributed by atoms with Crippen molar-refractivity contribution < 1.29 is 24.1 Å². The van der Waals surface area contributed by atoms with Gasteiger partial charge in [0.15, 0.2) is 13.6 Å². The van der Waals surface area contributed by atoms with Crippen molar-refractivity contribution in [3.63, 3.8) is 0 Å². The van der Waals surface area contributed by atoms with Crippen LogP contribution in [0, 0.1) is 0 Å². The fraction of sp³-hybridized carbons (Fsp3) is 0.333. The lowest BCUT2D eigenvalue weighted by Gasteiger charge is -2.21. The number of aliphatic hydroxyl groups excluding tert-OH is 1. The zero-order valence-electron chi connectivity index (χ0n) is 15.4. The van der Waals surface area contributed by atoms with Gasteiger partial charge in [0.1, 0.15) is 11.5 Å². The maximum absolute atomic E-state index is 9.35. The first kappa shape index (κ1) is 20.0. The minimum Gasteiger partial charge on any atom is -0.467 e. The Kier molecular flexibility index (Phi) is 8.15. The number of hydrogen-bond acceptors (Lipinski definition) is 5. The summed E-state index contributed by atoms with van der Waals surface area (Å²) in [7, 11) is 3.15. The summed E-state index contributed by atoms with van der Waals surface area (Å²) in [5, 5.41) is 9.35. The molecule has 1 N–H and O–H groups in total. The summed E-state index contributed by atoms with van der Waals surface area (Å²) in [5.74, 6) is 1.28. The van der Waals surface area contributed by atoms with Crippen LogP contribution in [0.4, 0.5) is 0 Å². The van der Waals surface area contributed by atoms with Gasteiger partial charge in [0.05, 0.1) is 0 Å². The third-order valence-corrected chi connectivity index (χ3v) is 3.92. The molecule has 0 saturated heterocycles. The minimum absolute atomic E-state index is 0.0994. The number of ether oxygens (including phenoxy) is 4. The highest BCUT2D eigenvalue weighted by Crippen LogP contribution is 2.41. The molecule has 26 heavy (non-hydrogen) atoms. The van der Waals surface area contributed by atoms with Crippen molar-refractivity contribution in [1.82, 2.24) is 0 Å². The highest BCUT2D eigenvalue weighted by atomic mass is 16.7. The second-order valence-electron chi connectivity index (χ2n) is 5.64. The summed E-state index contributed by atoms with van der Waals surface area (Å²) < 4.78 is 21.7. The van der Waals surface area contributed by atoms with E-state index in [0.717, 1.165) is 22.3 Å². The Labute approximate surface area is 154 Å². The molecule has 0 aliphatic carbocycles. The lowest BCUT2D eigenvalue weighted by Crippen LogP contribution is -2.08. The summed E-state index contributed by atoms with van der Waals surface area (Å²) in [4.78, 5) is 0. The number of hydrogen-bond donors (Lipinski definition) is 1. The Morgan fingerprint density at radius 3 is 2.23 bits per heavy atom. The average Bonchev–Trinajstić information content (AvgIpc) is 2.69. The van der Waals surface area contributed by atoms with Gasteiger partial charge in [-0.1, -0.05) is 43.0 Å². The van der Waals surface area contributed by atoms with Gasteiger partial charge in [-0.05, 0) is 24.0 Å². The lowest BCUT2D eigenvalue weighted by atomic mass is 9.90. The summed E-state index contributed by atoms with van der Waals surface area (Å²) >= 11 is 0. The molecule has 2 aromatic rings. The lowest BCUT2D eigenvalue weighted by molar-refractivity contribution is 0.0461. The van der Waals surface area contributed by atoms with Crippen molar-refractivity contribution in [3.05, 3.63) is 54.1 Å². The second kappa shape index (κ2) is 10.6. The molecule has 0 aliphatic heterocycles. The molecular formula is C21H26O5. The Hall–Kier alpha value is -2.34. The van der Waals surface area contributed by atoms with Gasteiger partial charge in [-0.15, -0.1) is 0 Å². The molecule has 0 atom stereocenters. The molecule has 0 heterocycles. The van der Waals surface area contributed by atoms with Crippen LogP contribution >= 0.6 is 0 Å². The van der Waals surface area contributed by atoms with Crippen molar-refractivity contribution in [2.75, 3.05) is 34.4 Å². The quantitative estimate of drug-likeness (QED) is 0.618. The molecule has 140 valence electrons. The number of benzene rings is 2. The molecule has 5 heteroatoms. The van der Waals surface area contributed by atoms with E-state index < -0.39 is 0 Å². The molecule has 0 amide bonds. The van der Waals surface area contributed by atoms with Crippen molar-refractivity contribution >= 4 is 6.08 Å². The maximum atomic E-state index is 9.35. The molecule has 0 bridgehead atoms. The van der Waals surface area contributed by atoms with Crippen molar-refractivity contribution in [2.24, 2.45) is 0 Å². The van der Waals surface area contributed by atoms with Crippen LogP contribution in [0.3, 0.4) is 0 Å². The monoisotopic (exact) mass is 358 g/mol. The summed E-state index contributed by atoms with van der Waals surface area (Å²) in [5.41, 5.74) is 3.86. The zero-order chi connectivity index (χ0) is 18.8. The summed E-state index contributed by atoms with van der Waals surface area (Å²) in [6.45, 7) is 4.29. The van der Waals surface area contributed by atoms with Crippen LogP contribution in [0.25, 0.3) is 17.2 Å². The van der Waals surface area contributed by atoms with Crippen molar-refractivity contribution in [1.29, 1.82) is 0 Å². The van der Waals surface area contributed by atoms with Crippen LogP contribution in [-0.4, -0.2) is 39.5 Å². The van der Waals surface area contributed by atoms with Gasteiger partial charge < -0.3 is 24.1 Å². The van der Waals surface area contributed by atoms with Gasteiger partial charge in [-0.3, -0.25) is 0 Å². The number of aliphatic hydroxyl groups is 1. The van der Waals surface area contributed by atoms with E-state index in [1.165, 1.54) is 0 Å². The average molecular weight is 358 g/mol. The molecule has 0 unspecified atom stereocenters. The Bertz CT molecular complexity index is 697. The van der Waals surface area contributed by atoms with Gasteiger partial charge >= 0.3 is 0 Å². The first-order chi connectivity index (χ1) is 12.8. The van der Waals surface area contributed by atoms with Gasteiger partial charge in [0.2, 0.25) is 0 Å². The van der Waals surface area contributed by atoms with E-state index in [1.54, 1.807) is 20.3 Å². The largest absolute Gasteiger partial charge is 0.467 e. The van der Waals surface area contributed by atoms with Crippen LogP contribution in [-0.2, 0) is 15.9 Å². The van der Waals surface area contributed by atoms with Gasteiger partial charge in [0, 0.05) is 38.0 Å². The third kappa shape index (κ3) is 4.85. The van der Waals surface area contributed by atoms with E-state index in [4.69, 9.17) is 18.9 Å². The fourth-order valence-corrected chi connectivity index (χ4v) is 2.84. The first-order valence-electron chi connectivity index (χ1n) is 8.48. The van der Waals surface area contributed by atoms with Crippen LogP contribution in [0.15, 0.2) is 43.0 Å². The van der Waals surface area contributed by atoms with Gasteiger partial charge in [-0.25, -0.2) is 0 Å². The Morgan fingerprint density at radius 2 is 1.65 bits per heavy atom. The maximum Gasteiger partial charge on any atom is 0.188 e. The van der Waals surface area contributed by atoms with Gasteiger partial charge in [-0.2, -0.15) is 0 Å². The fourth-order valence-electron chi connectivity index (χ4n) is 2.84. The molecule has 0 fully saturated rings. The summed E-state index contributed by atoms with van der Waals surface area (Å²) in [6.07, 6.45) is 3.05. The van der Waals surface area contributed by atoms with Crippen molar-refractivity contribution in [3.8, 4) is 22.6 Å². The smallest absolute Gasteiger partial charge is 0.188 e.